The largest absolute Gasteiger partial charge is 0.324 e. The third-order valence-electron chi connectivity index (χ3n) is 8.61. The summed E-state index contributed by atoms with van der Waals surface area (Å²) in [5.74, 6) is 0.137. The Morgan fingerprint density at radius 2 is 0.673 bits per heavy atom. The normalized spacial score (nSPS) is 11.7. The number of H-pyrrole nitrogens is 2. The number of nitrogens with zero attached hydrogens (tertiary/aromatic N) is 10. The van der Waals surface area contributed by atoms with Gasteiger partial charge < -0.3 is 9.97 Å². The summed E-state index contributed by atoms with van der Waals surface area (Å²) in [6, 6.07) is 16.1. The number of hydrogen-bond donors (Lipinski definition) is 2. The van der Waals surface area contributed by atoms with Gasteiger partial charge in [-0.3, -0.25) is 40.5 Å². The molecule has 8 bridgehead atoms. The highest BCUT2D eigenvalue weighted by Crippen LogP contribution is 2.39. The Balaban J connectivity index is 1.48. The van der Waals surface area contributed by atoms with E-state index in [1.54, 1.807) is 0 Å². The molecule has 0 fully saturated rings. The third kappa shape index (κ3) is 4.55. The number of nitrogens with one attached hydrogen (secondary N) is 2. The summed E-state index contributed by atoms with van der Waals surface area (Å²) >= 11 is 0. The van der Waals surface area contributed by atoms with Crippen molar-refractivity contribution in [2.45, 2.75) is 0 Å². The first kappa shape index (κ1) is 29.9. The molecule has 2 N–H and O–H groups in total. The Kier molecular flexibility index (Phi) is 6.14. The van der Waals surface area contributed by atoms with Crippen LogP contribution >= 0.6 is 0 Å². The first-order valence-electron chi connectivity index (χ1n) is 15.0. The zero-order valence-corrected chi connectivity index (χ0v) is 25.7. The molecule has 0 unspecified atom stereocenters. The molecule has 2 aliphatic heterocycles. The molecule has 3 aromatic heterocycles. The maximum absolute atomic E-state index is 11.8. The molecule has 0 aliphatic carbocycles. The lowest BCUT2D eigenvalue weighted by Gasteiger charge is -1.98. The number of non-ortho nitro benzene ring substituents is 4. The maximum Gasteiger partial charge on any atom is 0.270 e. The molecular formula is C32H14N12O8. The molecule has 0 amide bonds. The number of benzene rings is 4. The molecule has 9 rings (SSSR count). The van der Waals surface area contributed by atoms with Gasteiger partial charge in [0.2, 0.25) is 0 Å². The molecule has 0 radical (unpaired) electrons. The minimum absolute atomic E-state index is 0.0174. The van der Waals surface area contributed by atoms with Crippen molar-refractivity contribution in [2.75, 3.05) is 0 Å². The van der Waals surface area contributed by atoms with E-state index in [0.29, 0.717) is 21.9 Å². The van der Waals surface area contributed by atoms with Crippen LogP contribution in [0.4, 0.5) is 22.7 Å². The first-order valence-corrected chi connectivity index (χ1v) is 15.0. The van der Waals surface area contributed by atoms with E-state index in [-0.39, 0.29) is 90.5 Å². The van der Waals surface area contributed by atoms with Gasteiger partial charge in [-0.25, -0.2) is 29.9 Å². The molecule has 20 heteroatoms. The van der Waals surface area contributed by atoms with Crippen molar-refractivity contribution in [3.8, 4) is 45.6 Å². The molecular weight excluding hydrogens is 680 g/mol. The Morgan fingerprint density at radius 3 is 1.04 bits per heavy atom. The van der Waals surface area contributed by atoms with Gasteiger partial charge in [0.1, 0.15) is 22.6 Å². The summed E-state index contributed by atoms with van der Waals surface area (Å²) in [4.78, 5) is 78.9. The molecule has 0 spiro atoms. The van der Waals surface area contributed by atoms with Crippen molar-refractivity contribution in [1.29, 1.82) is 0 Å². The van der Waals surface area contributed by atoms with Gasteiger partial charge in [-0.1, -0.05) is 0 Å². The smallest absolute Gasteiger partial charge is 0.270 e. The van der Waals surface area contributed by atoms with Crippen LogP contribution in [0.2, 0.25) is 0 Å². The van der Waals surface area contributed by atoms with E-state index >= 15 is 0 Å². The topological polar surface area (TPSA) is 281 Å². The van der Waals surface area contributed by atoms with Crippen LogP contribution in [-0.4, -0.2) is 59.6 Å². The van der Waals surface area contributed by atoms with Crippen molar-refractivity contribution >= 4 is 66.9 Å². The second-order valence-electron chi connectivity index (χ2n) is 11.6. The lowest BCUT2D eigenvalue weighted by Crippen LogP contribution is -1.90. The van der Waals surface area contributed by atoms with Crippen LogP contribution in [0.1, 0.15) is 0 Å². The molecule has 0 saturated heterocycles. The number of aromatic amines is 2. The van der Waals surface area contributed by atoms with Gasteiger partial charge in [0, 0.05) is 92.3 Å². The molecule has 2 aliphatic rings. The van der Waals surface area contributed by atoms with Crippen LogP contribution in [0.15, 0.2) is 72.8 Å². The zero-order valence-electron chi connectivity index (χ0n) is 25.7. The minimum Gasteiger partial charge on any atom is -0.324 e. The molecule has 0 atom stereocenters. The Labute approximate surface area is 285 Å². The van der Waals surface area contributed by atoms with E-state index in [2.05, 4.69) is 24.9 Å². The highest BCUT2D eigenvalue weighted by atomic mass is 16.6. The molecule has 7 aromatic rings. The van der Waals surface area contributed by atoms with E-state index in [4.69, 9.17) is 15.0 Å². The molecule has 250 valence electrons. The number of aromatic nitrogens is 8. The summed E-state index contributed by atoms with van der Waals surface area (Å²) in [6.45, 7) is 0. The number of hydrogen-bond acceptors (Lipinski definition) is 14. The standard InChI is InChI=1S/C32H14N12O8/c45-41(46)13-1-5-17-21(9-13)29-34-25(17)33-26-18-6-2-14(42(47)48)10-22(18)30(35-26)37-28-20-8-4-16(44(51)52)12-24(20)32(39-28)40-31-23-11-15(43(49)50)3-7-19(23)27(36-29)38-31/h1-12H,(H2,33,34,35,36,37,38,39,40). The van der Waals surface area contributed by atoms with E-state index in [1.165, 1.54) is 72.8 Å². The monoisotopic (exact) mass is 694 g/mol. The van der Waals surface area contributed by atoms with Gasteiger partial charge in [-0.2, -0.15) is 0 Å². The summed E-state index contributed by atoms with van der Waals surface area (Å²) in [7, 11) is 0. The third-order valence-corrected chi connectivity index (χ3v) is 8.61. The molecule has 20 nitrogen and oxygen atoms in total. The van der Waals surface area contributed by atoms with Gasteiger partial charge in [0.05, 0.1) is 19.7 Å². The van der Waals surface area contributed by atoms with Crippen LogP contribution in [0, 0.1) is 40.5 Å². The van der Waals surface area contributed by atoms with Crippen LogP contribution in [0.25, 0.3) is 89.7 Å². The van der Waals surface area contributed by atoms with E-state index < -0.39 is 19.7 Å². The van der Waals surface area contributed by atoms with Crippen molar-refractivity contribution in [1.82, 2.24) is 39.9 Å². The van der Waals surface area contributed by atoms with Crippen molar-refractivity contribution < 1.29 is 19.7 Å². The highest BCUT2D eigenvalue weighted by molar-refractivity contribution is 6.07. The van der Waals surface area contributed by atoms with Crippen molar-refractivity contribution in [3.63, 3.8) is 0 Å². The highest BCUT2D eigenvalue weighted by Gasteiger charge is 2.26. The van der Waals surface area contributed by atoms with E-state index in [1.807, 2.05) is 0 Å². The van der Waals surface area contributed by atoms with Crippen LogP contribution in [0.5, 0.6) is 0 Å². The summed E-state index contributed by atoms with van der Waals surface area (Å²) in [6.07, 6.45) is 0. The second kappa shape index (κ2) is 10.7. The van der Waals surface area contributed by atoms with Gasteiger partial charge in [0.15, 0.2) is 23.3 Å². The van der Waals surface area contributed by atoms with Crippen molar-refractivity contribution in [3.05, 3.63) is 113 Å². The lowest BCUT2D eigenvalue weighted by molar-refractivity contribution is -0.385. The van der Waals surface area contributed by atoms with Crippen LogP contribution in [0.3, 0.4) is 0 Å². The fraction of sp³-hybridized carbons (Fsp3) is 0. The zero-order chi connectivity index (χ0) is 36.0. The van der Waals surface area contributed by atoms with Crippen LogP contribution in [-0.2, 0) is 0 Å². The summed E-state index contributed by atoms with van der Waals surface area (Å²) in [5.41, 5.74) is 0.704. The minimum atomic E-state index is -0.589. The Hall–Kier alpha value is -8.16. The lowest BCUT2D eigenvalue weighted by atomic mass is 10.1. The van der Waals surface area contributed by atoms with Crippen LogP contribution < -0.4 is 0 Å². The second-order valence-corrected chi connectivity index (χ2v) is 11.6. The Bertz CT molecular complexity index is 3010. The fourth-order valence-electron chi connectivity index (χ4n) is 6.20. The quantitative estimate of drug-likeness (QED) is 0.147. The van der Waals surface area contributed by atoms with Gasteiger partial charge in [0.25, 0.3) is 22.7 Å². The average Bonchev–Trinajstić information content (AvgIpc) is 3.85. The van der Waals surface area contributed by atoms with Gasteiger partial charge in [-0.05, 0) is 24.3 Å². The van der Waals surface area contributed by atoms with E-state index in [0.717, 1.165) is 0 Å². The molecule has 0 saturated carbocycles. The average molecular weight is 695 g/mol. The molecule has 5 heterocycles. The number of rotatable bonds is 4. The number of fused-ring (bicyclic) bond motifs is 20. The fourth-order valence-corrected chi connectivity index (χ4v) is 6.20. The summed E-state index contributed by atoms with van der Waals surface area (Å²) in [5, 5.41) is 48.4. The van der Waals surface area contributed by atoms with Gasteiger partial charge >= 0.3 is 0 Å². The number of nitro benzene ring substituents is 4. The van der Waals surface area contributed by atoms with Crippen molar-refractivity contribution in [2.24, 2.45) is 0 Å². The predicted molar refractivity (Wildman–Crippen MR) is 183 cm³/mol. The number of nitro groups is 4. The first-order chi connectivity index (χ1) is 25.0. The van der Waals surface area contributed by atoms with Gasteiger partial charge in [-0.15, -0.1) is 0 Å². The SMILES string of the molecule is O=[N+]([O-])c1ccc2c(c1)-c1nc-2nc2[nH]c(nc3nc(nc4[nH]c(n1)c1ccc([N+](=O)[O-])cc41)-c1cc([N+](=O)[O-])ccc1-3)c1cc([N+](=O)[O-])ccc21. The molecule has 4 aromatic carbocycles. The Morgan fingerprint density at radius 1 is 0.365 bits per heavy atom. The van der Waals surface area contributed by atoms with E-state index in [9.17, 15) is 40.5 Å². The summed E-state index contributed by atoms with van der Waals surface area (Å²) < 4.78 is 0. The molecule has 52 heavy (non-hydrogen) atoms. The predicted octanol–water partition coefficient (Wildman–Crippen LogP) is 6.50. The maximum atomic E-state index is 11.8.